The smallest absolute Gasteiger partial charge is 0.234 e. The Hall–Kier alpha value is -3.15. The highest BCUT2D eigenvalue weighted by atomic mass is 16.1. The number of likely N-dealkylation sites (tertiary alicyclic amines) is 1. The van der Waals surface area contributed by atoms with Crippen molar-refractivity contribution in [2.24, 2.45) is 5.73 Å². The number of carbonyl (C=O) groups is 1. The molecular formula is C20H18N4O. The van der Waals surface area contributed by atoms with Crippen LogP contribution < -0.4 is 5.73 Å². The predicted molar refractivity (Wildman–Crippen MR) is 94.0 cm³/mol. The molecule has 1 fully saturated rings. The van der Waals surface area contributed by atoms with Crippen LogP contribution in [0.4, 0.5) is 0 Å². The first-order chi connectivity index (χ1) is 12.1. The molecule has 0 bridgehead atoms. The molecule has 1 unspecified atom stereocenters. The van der Waals surface area contributed by atoms with Gasteiger partial charge in [-0.2, -0.15) is 10.5 Å². The maximum absolute atomic E-state index is 11.4. The summed E-state index contributed by atoms with van der Waals surface area (Å²) in [5, 5.41) is 19.0. The van der Waals surface area contributed by atoms with Crippen LogP contribution in [-0.4, -0.2) is 29.4 Å². The van der Waals surface area contributed by atoms with Gasteiger partial charge in [-0.3, -0.25) is 9.69 Å². The van der Waals surface area contributed by atoms with E-state index in [1.165, 1.54) is 0 Å². The van der Waals surface area contributed by atoms with Crippen molar-refractivity contribution in [2.75, 3.05) is 6.54 Å². The molecule has 0 radical (unpaired) electrons. The van der Waals surface area contributed by atoms with Crippen LogP contribution in [-0.2, 0) is 11.2 Å². The molecule has 1 heterocycles. The summed E-state index contributed by atoms with van der Waals surface area (Å²) in [6.45, 7) is 0.693. The molecule has 2 aromatic rings. The zero-order valence-corrected chi connectivity index (χ0v) is 13.7. The van der Waals surface area contributed by atoms with Crippen LogP contribution in [0.2, 0.25) is 0 Å². The molecule has 2 aromatic carbocycles. The van der Waals surface area contributed by atoms with Crippen molar-refractivity contribution in [3.8, 4) is 23.3 Å². The normalized spacial score (nSPS) is 17.8. The van der Waals surface area contributed by atoms with Gasteiger partial charge in [0.1, 0.15) is 6.04 Å². The Labute approximate surface area is 146 Å². The molecule has 0 aromatic heterocycles. The third kappa shape index (κ3) is 3.38. The SMILES string of the molecule is N#Cc1cc(C[C@@H](C#N)N2CCC2C(N)=O)ccc1-c1ccccc1. The summed E-state index contributed by atoms with van der Waals surface area (Å²) in [6.07, 6.45) is 1.16. The number of nitrogens with zero attached hydrogens (tertiary/aromatic N) is 3. The minimum atomic E-state index is -0.416. The number of primary amides is 1. The Bertz CT molecular complexity index is 864. The van der Waals surface area contributed by atoms with Gasteiger partial charge in [0.15, 0.2) is 0 Å². The highest BCUT2D eigenvalue weighted by Gasteiger charge is 2.37. The summed E-state index contributed by atoms with van der Waals surface area (Å²) in [5.74, 6) is -0.386. The van der Waals surface area contributed by atoms with Crippen LogP contribution in [0, 0.1) is 22.7 Å². The van der Waals surface area contributed by atoms with Gasteiger partial charge in [-0.1, -0.05) is 42.5 Å². The van der Waals surface area contributed by atoms with Crippen molar-refractivity contribution < 1.29 is 4.79 Å². The number of amides is 1. The third-order valence-electron chi connectivity index (χ3n) is 4.66. The van der Waals surface area contributed by atoms with Gasteiger partial charge in [-0.15, -0.1) is 0 Å². The lowest BCUT2D eigenvalue weighted by molar-refractivity contribution is -0.128. The molecule has 0 spiro atoms. The molecule has 1 amide bonds. The number of benzene rings is 2. The maximum atomic E-state index is 11.4. The van der Waals surface area contributed by atoms with Gasteiger partial charge in [0.2, 0.25) is 5.91 Å². The van der Waals surface area contributed by atoms with Gasteiger partial charge < -0.3 is 5.73 Å². The van der Waals surface area contributed by atoms with E-state index < -0.39 is 6.04 Å². The summed E-state index contributed by atoms with van der Waals surface area (Å²) >= 11 is 0. The standard InChI is InChI=1S/C20H18N4O/c21-12-16-10-14(6-7-18(16)15-4-2-1-3-5-15)11-17(13-22)24-9-8-19(24)20(23)25/h1-7,10,17,19H,8-9,11H2,(H2,23,25)/t17-,19?/m0/s1. The van der Waals surface area contributed by atoms with Crippen LogP contribution in [0.3, 0.4) is 0 Å². The van der Waals surface area contributed by atoms with Crippen LogP contribution in [0.1, 0.15) is 17.5 Å². The third-order valence-corrected chi connectivity index (χ3v) is 4.66. The number of nitrogens with two attached hydrogens (primary N) is 1. The van der Waals surface area contributed by atoms with Crippen molar-refractivity contribution in [1.29, 1.82) is 10.5 Å². The zero-order valence-electron chi connectivity index (χ0n) is 13.7. The van der Waals surface area contributed by atoms with Crippen molar-refractivity contribution >= 4 is 5.91 Å². The summed E-state index contributed by atoms with van der Waals surface area (Å²) < 4.78 is 0. The first-order valence-corrected chi connectivity index (χ1v) is 8.17. The zero-order chi connectivity index (χ0) is 17.8. The Morgan fingerprint density at radius 3 is 2.56 bits per heavy atom. The summed E-state index contributed by atoms with van der Waals surface area (Å²) in [4.78, 5) is 13.2. The first-order valence-electron chi connectivity index (χ1n) is 8.17. The Balaban J connectivity index is 1.83. The lowest BCUT2D eigenvalue weighted by atomic mass is 9.93. The molecule has 0 saturated carbocycles. The van der Waals surface area contributed by atoms with E-state index in [0.29, 0.717) is 24.9 Å². The molecular weight excluding hydrogens is 312 g/mol. The highest BCUT2D eigenvalue weighted by molar-refractivity contribution is 5.81. The van der Waals surface area contributed by atoms with E-state index in [1.807, 2.05) is 53.4 Å². The van der Waals surface area contributed by atoms with Crippen molar-refractivity contribution in [1.82, 2.24) is 4.90 Å². The molecule has 2 N–H and O–H groups in total. The fourth-order valence-electron chi connectivity index (χ4n) is 3.23. The maximum Gasteiger partial charge on any atom is 0.234 e. The quantitative estimate of drug-likeness (QED) is 0.909. The molecule has 2 atom stereocenters. The lowest BCUT2D eigenvalue weighted by Crippen LogP contribution is -2.59. The Morgan fingerprint density at radius 1 is 1.24 bits per heavy atom. The molecule has 124 valence electrons. The van der Waals surface area contributed by atoms with E-state index in [2.05, 4.69) is 12.1 Å². The second kappa shape index (κ2) is 7.17. The van der Waals surface area contributed by atoms with E-state index >= 15 is 0 Å². The fraction of sp³-hybridized carbons (Fsp3) is 0.250. The van der Waals surface area contributed by atoms with Crippen molar-refractivity contribution in [2.45, 2.75) is 24.9 Å². The number of hydrogen-bond donors (Lipinski definition) is 1. The van der Waals surface area contributed by atoms with Crippen LogP contribution in [0.15, 0.2) is 48.5 Å². The topological polar surface area (TPSA) is 93.9 Å². The fourth-order valence-corrected chi connectivity index (χ4v) is 3.23. The Kier molecular flexibility index (Phi) is 4.79. The monoisotopic (exact) mass is 330 g/mol. The van der Waals surface area contributed by atoms with E-state index in [9.17, 15) is 15.3 Å². The van der Waals surface area contributed by atoms with E-state index in [1.54, 1.807) is 0 Å². The van der Waals surface area contributed by atoms with Gasteiger partial charge in [0.25, 0.3) is 0 Å². The highest BCUT2D eigenvalue weighted by Crippen LogP contribution is 2.26. The first kappa shape index (κ1) is 16.7. The predicted octanol–water partition coefficient (Wildman–Crippen LogP) is 2.22. The minimum Gasteiger partial charge on any atom is -0.368 e. The summed E-state index contributed by atoms with van der Waals surface area (Å²) in [5.41, 5.74) is 8.71. The van der Waals surface area contributed by atoms with Crippen LogP contribution in [0.25, 0.3) is 11.1 Å². The molecule has 25 heavy (non-hydrogen) atoms. The van der Waals surface area contributed by atoms with Crippen molar-refractivity contribution in [3.05, 3.63) is 59.7 Å². The number of rotatable bonds is 5. The van der Waals surface area contributed by atoms with Gasteiger partial charge in [-0.05, 0) is 29.2 Å². The van der Waals surface area contributed by atoms with E-state index in [4.69, 9.17) is 5.73 Å². The summed E-state index contributed by atoms with van der Waals surface area (Å²) in [7, 11) is 0. The molecule has 1 aliphatic heterocycles. The average molecular weight is 330 g/mol. The molecule has 1 saturated heterocycles. The van der Waals surface area contributed by atoms with E-state index in [-0.39, 0.29) is 11.9 Å². The van der Waals surface area contributed by atoms with Crippen molar-refractivity contribution in [3.63, 3.8) is 0 Å². The largest absolute Gasteiger partial charge is 0.368 e. The molecule has 5 heteroatoms. The molecule has 3 rings (SSSR count). The van der Waals surface area contributed by atoms with Crippen LogP contribution in [0.5, 0.6) is 0 Å². The van der Waals surface area contributed by atoms with Crippen LogP contribution >= 0.6 is 0 Å². The molecule has 1 aliphatic rings. The lowest BCUT2D eigenvalue weighted by Gasteiger charge is -2.41. The number of carbonyl (C=O) groups excluding carboxylic acids is 1. The van der Waals surface area contributed by atoms with Gasteiger partial charge in [0.05, 0.1) is 23.7 Å². The molecule has 5 nitrogen and oxygen atoms in total. The van der Waals surface area contributed by atoms with Gasteiger partial charge in [-0.25, -0.2) is 0 Å². The number of hydrogen-bond acceptors (Lipinski definition) is 4. The minimum absolute atomic E-state index is 0.358. The second-order valence-corrected chi connectivity index (χ2v) is 6.15. The Morgan fingerprint density at radius 2 is 2.00 bits per heavy atom. The van der Waals surface area contributed by atoms with E-state index in [0.717, 1.165) is 16.7 Å². The second-order valence-electron chi connectivity index (χ2n) is 6.15. The summed E-state index contributed by atoms with van der Waals surface area (Å²) in [6, 6.07) is 19.1. The number of nitriles is 2. The van der Waals surface area contributed by atoms with Gasteiger partial charge >= 0.3 is 0 Å². The molecule has 0 aliphatic carbocycles. The average Bonchev–Trinajstić information content (AvgIpc) is 2.60. The van der Waals surface area contributed by atoms with Gasteiger partial charge in [0, 0.05) is 13.0 Å².